The van der Waals surface area contributed by atoms with Gasteiger partial charge in [0.15, 0.2) is 0 Å². The Bertz CT molecular complexity index is 1190. The summed E-state index contributed by atoms with van der Waals surface area (Å²) >= 11 is 0. The SMILES string of the molecule is CCCCC/C=C/C=C/C=C/C=C/CCCCCCCC(=O)OC(CCC/C=C/C=C/CCCCCCCCC)CC(=O)NC(CO)C(O)CCCCCCCCCCCCCCC. The van der Waals surface area contributed by atoms with Gasteiger partial charge in [0.25, 0.3) is 0 Å². The highest BCUT2D eigenvalue weighted by Crippen LogP contribution is 2.17. The molecule has 0 spiro atoms. The summed E-state index contributed by atoms with van der Waals surface area (Å²) < 4.78 is 5.91. The van der Waals surface area contributed by atoms with Gasteiger partial charge in [0.1, 0.15) is 6.10 Å². The molecule has 370 valence electrons. The van der Waals surface area contributed by atoms with Gasteiger partial charge in [-0.1, -0.05) is 248 Å². The van der Waals surface area contributed by atoms with Gasteiger partial charge in [0.05, 0.1) is 25.2 Å². The summed E-state index contributed by atoms with van der Waals surface area (Å²) in [6.07, 6.45) is 65.3. The van der Waals surface area contributed by atoms with Crippen molar-refractivity contribution >= 4 is 11.9 Å². The van der Waals surface area contributed by atoms with Gasteiger partial charge in [0, 0.05) is 6.42 Å². The number of nitrogens with one attached hydrogen (secondary N) is 1. The topological polar surface area (TPSA) is 95.9 Å². The minimum atomic E-state index is -0.806. The number of ether oxygens (including phenoxy) is 1. The van der Waals surface area contributed by atoms with Gasteiger partial charge < -0.3 is 20.3 Å². The van der Waals surface area contributed by atoms with E-state index in [0.29, 0.717) is 19.3 Å². The maximum Gasteiger partial charge on any atom is 0.306 e. The van der Waals surface area contributed by atoms with Crippen LogP contribution in [0.4, 0.5) is 0 Å². The highest BCUT2D eigenvalue weighted by atomic mass is 16.5. The Morgan fingerprint density at radius 3 is 1.28 bits per heavy atom. The lowest BCUT2D eigenvalue weighted by Crippen LogP contribution is -2.46. The zero-order valence-corrected chi connectivity index (χ0v) is 42.1. The number of amides is 1. The van der Waals surface area contributed by atoms with Crippen LogP contribution in [0.5, 0.6) is 0 Å². The lowest BCUT2D eigenvalue weighted by atomic mass is 10.0. The number of hydrogen-bond donors (Lipinski definition) is 3. The third-order valence-electron chi connectivity index (χ3n) is 12.1. The van der Waals surface area contributed by atoms with Crippen molar-refractivity contribution in [3.63, 3.8) is 0 Å². The van der Waals surface area contributed by atoms with E-state index in [0.717, 1.165) is 83.5 Å². The molecule has 1 amide bonds. The first kappa shape index (κ1) is 61.3. The number of carbonyl (C=O) groups is 2. The Hall–Kier alpha value is -2.70. The molecule has 0 aromatic heterocycles. The number of unbranched alkanes of at least 4 members (excludes halogenated alkanes) is 28. The van der Waals surface area contributed by atoms with E-state index in [2.05, 4.69) is 99.0 Å². The molecule has 6 nitrogen and oxygen atoms in total. The molecule has 0 aromatic carbocycles. The minimum Gasteiger partial charge on any atom is -0.462 e. The molecule has 0 saturated heterocycles. The molecule has 0 saturated carbocycles. The molecule has 3 atom stereocenters. The van der Waals surface area contributed by atoms with Crippen LogP contribution in [0, 0.1) is 0 Å². The second-order valence-corrected chi connectivity index (χ2v) is 18.4. The average Bonchev–Trinajstić information content (AvgIpc) is 3.29. The number of hydrogen-bond acceptors (Lipinski definition) is 5. The zero-order valence-electron chi connectivity index (χ0n) is 42.1. The first-order valence-electron chi connectivity index (χ1n) is 27.2. The number of carbonyl (C=O) groups excluding carboxylic acids is 2. The molecule has 0 aliphatic carbocycles. The van der Waals surface area contributed by atoms with Gasteiger partial charge in [-0.2, -0.15) is 0 Å². The van der Waals surface area contributed by atoms with Crippen molar-refractivity contribution in [3.05, 3.63) is 72.9 Å². The van der Waals surface area contributed by atoms with Crippen LogP contribution in [0.25, 0.3) is 0 Å². The first-order chi connectivity index (χ1) is 31.5. The molecule has 6 heteroatoms. The Morgan fingerprint density at radius 1 is 0.453 bits per heavy atom. The van der Waals surface area contributed by atoms with E-state index in [1.165, 1.54) is 128 Å². The smallest absolute Gasteiger partial charge is 0.306 e. The molecular weight excluding hydrogens is 791 g/mol. The number of aliphatic hydroxyl groups excluding tert-OH is 2. The highest BCUT2D eigenvalue weighted by Gasteiger charge is 2.24. The van der Waals surface area contributed by atoms with Crippen LogP contribution in [0.15, 0.2) is 72.9 Å². The fourth-order valence-corrected chi connectivity index (χ4v) is 7.97. The van der Waals surface area contributed by atoms with E-state index in [9.17, 15) is 19.8 Å². The first-order valence-corrected chi connectivity index (χ1v) is 27.2. The quantitative estimate of drug-likeness (QED) is 0.0321. The Balaban J connectivity index is 4.68. The number of aliphatic hydroxyl groups is 2. The van der Waals surface area contributed by atoms with Crippen LogP contribution in [0.2, 0.25) is 0 Å². The number of allylic oxidation sites excluding steroid dienone is 12. The second-order valence-electron chi connectivity index (χ2n) is 18.4. The van der Waals surface area contributed by atoms with Crippen molar-refractivity contribution in [2.24, 2.45) is 0 Å². The molecule has 3 unspecified atom stereocenters. The van der Waals surface area contributed by atoms with Gasteiger partial charge in [-0.3, -0.25) is 9.59 Å². The maximum atomic E-state index is 13.2. The van der Waals surface area contributed by atoms with Crippen LogP contribution >= 0.6 is 0 Å². The largest absolute Gasteiger partial charge is 0.462 e. The Labute approximate surface area is 396 Å². The molecule has 3 N–H and O–H groups in total. The summed E-state index contributed by atoms with van der Waals surface area (Å²) in [5.41, 5.74) is 0. The van der Waals surface area contributed by atoms with Crippen LogP contribution < -0.4 is 5.32 Å². The summed E-state index contributed by atoms with van der Waals surface area (Å²) in [4.78, 5) is 26.2. The second kappa shape index (κ2) is 51.3. The fourth-order valence-electron chi connectivity index (χ4n) is 7.97. The van der Waals surface area contributed by atoms with Gasteiger partial charge >= 0.3 is 5.97 Å². The van der Waals surface area contributed by atoms with E-state index in [1.54, 1.807) is 0 Å². The summed E-state index contributed by atoms with van der Waals surface area (Å²) in [5, 5.41) is 23.8. The summed E-state index contributed by atoms with van der Waals surface area (Å²) in [6, 6.07) is -0.724. The molecule has 0 radical (unpaired) electrons. The third-order valence-corrected chi connectivity index (χ3v) is 12.1. The van der Waals surface area contributed by atoms with Gasteiger partial charge in [-0.15, -0.1) is 0 Å². The Morgan fingerprint density at radius 2 is 0.812 bits per heavy atom. The third kappa shape index (κ3) is 45.9. The van der Waals surface area contributed by atoms with Crippen LogP contribution in [0.3, 0.4) is 0 Å². The van der Waals surface area contributed by atoms with Crippen LogP contribution in [0.1, 0.15) is 258 Å². The molecular formula is C58H103NO5. The predicted molar refractivity (Wildman–Crippen MR) is 278 cm³/mol. The number of rotatable bonds is 48. The molecule has 64 heavy (non-hydrogen) atoms. The van der Waals surface area contributed by atoms with Crippen molar-refractivity contribution in [1.29, 1.82) is 0 Å². The molecule has 0 rings (SSSR count). The minimum absolute atomic E-state index is 0.0327. The monoisotopic (exact) mass is 894 g/mol. The summed E-state index contributed by atoms with van der Waals surface area (Å²) in [7, 11) is 0. The van der Waals surface area contributed by atoms with Crippen molar-refractivity contribution in [3.8, 4) is 0 Å². The van der Waals surface area contributed by atoms with E-state index >= 15 is 0 Å². The normalized spacial score (nSPS) is 13.8. The van der Waals surface area contributed by atoms with Crippen molar-refractivity contribution in [1.82, 2.24) is 5.32 Å². The molecule has 0 bridgehead atoms. The average molecular weight is 894 g/mol. The lowest BCUT2D eigenvalue weighted by molar-refractivity contribution is -0.151. The summed E-state index contributed by atoms with van der Waals surface area (Å²) in [5.74, 6) is -0.546. The van der Waals surface area contributed by atoms with Crippen molar-refractivity contribution < 1.29 is 24.5 Å². The van der Waals surface area contributed by atoms with E-state index < -0.39 is 18.2 Å². The van der Waals surface area contributed by atoms with Crippen molar-refractivity contribution in [2.75, 3.05) is 6.61 Å². The van der Waals surface area contributed by atoms with E-state index in [1.807, 2.05) is 0 Å². The van der Waals surface area contributed by atoms with Crippen LogP contribution in [-0.4, -0.2) is 46.9 Å². The highest BCUT2D eigenvalue weighted by molar-refractivity contribution is 5.77. The molecule has 0 heterocycles. The van der Waals surface area contributed by atoms with Gasteiger partial charge in [-0.05, 0) is 70.6 Å². The molecule has 0 aliphatic rings. The van der Waals surface area contributed by atoms with Gasteiger partial charge in [-0.25, -0.2) is 0 Å². The predicted octanol–water partition coefficient (Wildman–Crippen LogP) is 16.6. The Kier molecular flexibility index (Phi) is 49.1. The lowest BCUT2D eigenvalue weighted by Gasteiger charge is -2.24. The van der Waals surface area contributed by atoms with Gasteiger partial charge in [0.2, 0.25) is 5.91 Å². The zero-order chi connectivity index (χ0) is 46.7. The number of esters is 1. The van der Waals surface area contributed by atoms with Crippen molar-refractivity contribution in [2.45, 2.75) is 277 Å². The van der Waals surface area contributed by atoms with Crippen LogP contribution in [-0.2, 0) is 14.3 Å². The fraction of sp³-hybridized carbons (Fsp3) is 0.759. The maximum absolute atomic E-state index is 13.2. The summed E-state index contributed by atoms with van der Waals surface area (Å²) in [6.45, 7) is 6.43. The van der Waals surface area contributed by atoms with E-state index in [4.69, 9.17) is 4.74 Å². The molecule has 0 aromatic rings. The molecule has 0 aliphatic heterocycles. The standard InChI is InChI=1S/C58H103NO5/c1-4-7-10-13-16-19-22-25-27-28-29-30-33-36-39-42-45-48-51-58(63)64-54(49-46-43-40-37-34-32-26-23-20-17-14-11-8-5-2)52-57(62)59-55(53-60)56(61)50-47-44-41-38-35-31-24-21-18-15-12-9-6-3/h16,19,22,25,27-30,32,34,37,40,54-56,60-61H,4-15,17-18,20-21,23-24,26,31,33,35-36,38-39,41-53H2,1-3H3,(H,59,62)/b19-16+,25-22+,28-27+,30-29+,34-32+,40-37+. The molecule has 0 fully saturated rings. The van der Waals surface area contributed by atoms with E-state index in [-0.39, 0.29) is 24.9 Å².